The third-order valence-corrected chi connectivity index (χ3v) is 3.73. The van der Waals surface area contributed by atoms with Crippen LogP contribution in [0.25, 0.3) is 0 Å². The van der Waals surface area contributed by atoms with E-state index in [9.17, 15) is 4.79 Å². The van der Waals surface area contributed by atoms with E-state index in [0.717, 1.165) is 17.7 Å². The van der Waals surface area contributed by atoms with Crippen molar-refractivity contribution in [2.45, 2.75) is 13.0 Å². The van der Waals surface area contributed by atoms with E-state index in [1.807, 2.05) is 24.3 Å². The summed E-state index contributed by atoms with van der Waals surface area (Å²) >= 11 is 0. The summed E-state index contributed by atoms with van der Waals surface area (Å²) < 4.78 is 5.23. The van der Waals surface area contributed by atoms with Gasteiger partial charge in [0, 0.05) is 38.4 Å². The lowest BCUT2D eigenvalue weighted by Gasteiger charge is -2.17. The average Bonchev–Trinajstić information content (AvgIpc) is 3.19. The van der Waals surface area contributed by atoms with Crippen LogP contribution in [0, 0.1) is 0 Å². The van der Waals surface area contributed by atoms with E-state index >= 15 is 0 Å². The molecule has 1 amide bonds. The Labute approximate surface area is 145 Å². The molecular formula is C18H19N5O2. The number of carbonyl (C=O) groups is 1. The summed E-state index contributed by atoms with van der Waals surface area (Å²) in [5.74, 6) is 1.14. The van der Waals surface area contributed by atoms with E-state index < -0.39 is 0 Å². The van der Waals surface area contributed by atoms with Crippen LogP contribution in [0.2, 0.25) is 0 Å². The van der Waals surface area contributed by atoms with Crippen molar-refractivity contribution in [3.63, 3.8) is 0 Å². The van der Waals surface area contributed by atoms with E-state index in [0.29, 0.717) is 24.6 Å². The molecule has 1 N–H and O–H groups in total. The average molecular weight is 337 g/mol. The Balaban J connectivity index is 1.52. The van der Waals surface area contributed by atoms with Crippen LogP contribution in [-0.2, 0) is 13.0 Å². The Morgan fingerprint density at radius 3 is 2.64 bits per heavy atom. The first-order valence-electron chi connectivity index (χ1n) is 7.95. The lowest BCUT2D eigenvalue weighted by atomic mass is 10.2. The number of hydrogen-bond donors (Lipinski definition) is 1. The molecule has 0 fully saturated rings. The number of amides is 1. The van der Waals surface area contributed by atoms with Gasteiger partial charge in [0.15, 0.2) is 0 Å². The highest BCUT2D eigenvalue weighted by Crippen LogP contribution is 2.07. The molecule has 0 unspecified atom stereocenters. The number of anilines is 1. The fourth-order valence-corrected chi connectivity index (χ4v) is 2.28. The largest absolute Gasteiger partial charge is 0.467 e. The highest BCUT2D eigenvalue weighted by molar-refractivity contribution is 5.93. The summed E-state index contributed by atoms with van der Waals surface area (Å²) in [6.07, 6.45) is 8.94. The van der Waals surface area contributed by atoms with Crippen molar-refractivity contribution in [2.75, 3.05) is 18.9 Å². The molecule has 3 rings (SSSR count). The molecule has 7 nitrogen and oxygen atoms in total. The number of rotatable bonds is 7. The lowest BCUT2D eigenvalue weighted by molar-refractivity contribution is 0.0796. The van der Waals surface area contributed by atoms with Crippen LogP contribution in [-0.4, -0.2) is 39.4 Å². The monoisotopic (exact) mass is 337 g/mol. The molecule has 3 aromatic rings. The topological polar surface area (TPSA) is 84.2 Å². The van der Waals surface area contributed by atoms with Crippen molar-refractivity contribution in [3.8, 4) is 0 Å². The highest BCUT2D eigenvalue weighted by Gasteiger charge is 2.13. The van der Waals surface area contributed by atoms with Crippen molar-refractivity contribution in [3.05, 3.63) is 72.2 Å². The van der Waals surface area contributed by atoms with Gasteiger partial charge in [-0.15, -0.1) is 0 Å². The number of nitrogens with zero attached hydrogens (tertiary/aromatic N) is 4. The number of nitrogens with one attached hydrogen (secondary N) is 1. The van der Waals surface area contributed by atoms with Crippen LogP contribution in [0.5, 0.6) is 0 Å². The maximum Gasteiger partial charge on any atom is 0.256 e. The van der Waals surface area contributed by atoms with Crippen LogP contribution < -0.4 is 5.32 Å². The molecule has 0 radical (unpaired) electrons. The van der Waals surface area contributed by atoms with Gasteiger partial charge in [0.1, 0.15) is 5.76 Å². The fourth-order valence-electron chi connectivity index (χ4n) is 2.28. The van der Waals surface area contributed by atoms with Crippen LogP contribution in [0.15, 0.2) is 59.7 Å². The molecular weight excluding hydrogens is 318 g/mol. The summed E-state index contributed by atoms with van der Waals surface area (Å²) in [6, 6.07) is 7.58. The Bertz CT molecular complexity index is 788. The van der Waals surface area contributed by atoms with Crippen LogP contribution in [0.1, 0.15) is 21.7 Å². The molecule has 128 valence electrons. The van der Waals surface area contributed by atoms with Gasteiger partial charge in [-0.3, -0.25) is 9.78 Å². The summed E-state index contributed by atoms with van der Waals surface area (Å²) in [5, 5.41) is 3.04. The maximum absolute atomic E-state index is 12.4. The number of pyridine rings is 1. The smallest absolute Gasteiger partial charge is 0.256 e. The number of likely N-dealkylation sites (N-methyl/N-ethyl adjacent to an activating group) is 1. The third kappa shape index (κ3) is 4.63. The molecule has 0 spiro atoms. The van der Waals surface area contributed by atoms with Gasteiger partial charge < -0.3 is 14.6 Å². The predicted molar refractivity (Wildman–Crippen MR) is 93.0 cm³/mol. The Morgan fingerprint density at radius 1 is 1.20 bits per heavy atom. The summed E-state index contributed by atoms with van der Waals surface area (Å²) in [5.41, 5.74) is 1.60. The summed E-state index contributed by atoms with van der Waals surface area (Å²) in [6.45, 7) is 1.10. The first kappa shape index (κ1) is 16.6. The van der Waals surface area contributed by atoms with Crippen molar-refractivity contribution in [1.82, 2.24) is 19.9 Å². The molecule has 3 aromatic heterocycles. The zero-order chi connectivity index (χ0) is 17.5. The second kappa shape index (κ2) is 8.05. The molecule has 7 heteroatoms. The molecule has 0 atom stereocenters. The van der Waals surface area contributed by atoms with E-state index in [1.165, 1.54) is 12.4 Å². The van der Waals surface area contributed by atoms with Gasteiger partial charge >= 0.3 is 0 Å². The molecule has 0 aromatic carbocycles. The van der Waals surface area contributed by atoms with E-state index in [-0.39, 0.29) is 5.91 Å². The van der Waals surface area contributed by atoms with Gasteiger partial charge in [0.25, 0.3) is 5.91 Å². The number of aromatic nitrogens is 3. The van der Waals surface area contributed by atoms with E-state index in [4.69, 9.17) is 4.42 Å². The second-order valence-electron chi connectivity index (χ2n) is 5.56. The molecule has 0 aliphatic carbocycles. The van der Waals surface area contributed by atoms with Crippen LogP contribution in [0.4, 0.5) is 5.95 Å². The van der Waals surface area contributed by atoms with Crippen molar-refractivity contribution < 1.29 is 9.21 Å². The summed E-state index contributed by atoms with van der Waals surface area (Å²) in [7, 11) is 1.77. The summed E-state index contributed by atoms with van der Waals surface area (Å²) in [4.78, 5) is 26.4. The quantitative estimate of drug-likeness (QED) is 0.713. The SMILES string of the molecule is CN(CCc1ccncc1)C(=O)c1cnc(NCc2ccco2)nc1. The minimum absolute atomic E-state index is 0.105. The van der Waals surface area contributed by atoms with Crippen molar-refractivity contribution >= 4 is 11.9 Å². The van der Waals surface area contributed by atoms with E-state index in [1.54, 1.807) is 30.6 Å². The van der Waals surface area contributed by atoms with Crippen LogP contribution >= 0.6 is 0 Å². The predicted octanol–water partition coefficient (Wildman–Crippen LogP) is 2.39. The zero-order valence-corrected chi connectivity index (χ0v) is 13.9. The molecule has 0 aliphatic rings. The highest BCUT2D eigenvalue weighted by atomic mass is 16.3. The Morgan fingerprint density at radius 2 is 1.96 bits per heavy atom. The zero-order valence-electron chi connectivity index (χ0n) is 13.9. The molecule has 0 bridgehead atoms. The van der Waals surface area contributed by atoms with Gasteiger partial charge in [-0.2, -0.15) is 0 Å². The Hall–Kier alpha value is -3.22. The number of hydrogen-bond acceptors (Lipinski definition) is 6. The molecule has 0 saturated heterocycles. The fraction of sp³-hybridized carbons (Fsp3) is 0.222. The minimum atomic E-state index is -0.105. The van der Waals surface area contributed by atoms with Gasteiger partial charge in [-0.1, -0.05) is 0 Å². The van der Waals surface area contributed by atoms with Gasteiger partial charge in [-0.05, 0) is 36.2 Å². The van der Waals surface area contributed by atoms with Gasteiger partial charge in [-0.25, -0.2) is 9.97 Å². The van der Waals surface area contributed by atoms with Crippen molar-refractivity contribution in [1.29, 1.82) is 0 Å². The number of carbonyl (C=O) groups excluding carboxylic acids is 1. The third-order valence-electron chi connectivity index (χ3n) is 3.73. The second-order valence-corrected chi connectivity index (χ2v) is 5.56. The lowest BCUT2D eigenvalue weighted by Crippen LogP contribution is -2.29. The van der Waals surface area contributed by atoms with Gasteiger partial charge in [0.05, 0.1) is 18.4 Å². The first-order chi connectivity index (χ1) is 12.2. The molecule has 0 saturated carbocycles. The van der Waals surface area contributed by atoms with Crippen molar-refractivity contribution in [2.24, 2.45) is 0 Å². The minimum Gasteiger partial charge on any atom is -0.467 e. The first-order valence-corrected chi connectivity index (χ1v) is 7.95. The van der Waals surface area contributed by atoms with Crippen LogP contribution in [0.3, 0.4) is 0 Å². The molecule has 25 heavy (non-hydrogen) atoms. The standard InChI is InChI=1S/C18H19N5O2/c1-23(9-6-14-4-7-19-8-5-14)17(24)15-11-20-18(21-12-15)22-13-16-3-2-10-25-16/h2-5,7-8,10-12H,6,9,13H2,1H3,(H,20,21,22). The van der Waals surface area contributed by atoms with E-state index in [2.05, 4.69) is 20.3 Å². The maximum atomic E-state index is 12.4. The molecule has 3 heterocycles. The molecule has 0 aliphatic heterocycles. The number of furan rings is 1. The van der Waals surface area contributed by atoms with Gasteiger partial charge in [0.2, 0.25) is 5.95 Å². The Kier molecular flexibility index (Phi) is 5.36. The normalized spacial score (nSPS) is 10.4.